The van der Waals surface area contributed by atoms with E-state index in [-0.39, 0.29) is 6.10 Å². The van der Waals surface area contributed by atoms with E-state index in [1.165, 1.54) is 37.7 Å². The summed E-state index contributed by atoms with van der Waals surface area (Å²) >= 11 is 12.7. The van der Waals surface area contributed by atoms with Gasteiger partial charge >= 0.3 is 0 Å². The summed E-state index contributed by atoms with van der Waals surface area (Å²) in [6.07, 6.45) is 7.75. The number of benzene rings is 2. The van der Waals surface area contributed by atoms with Crippen LogP contribution in [0.15, 0.2) is 30.3 Å². The fourth-order valence-electron chi connectivity index (χ4n) is 4.95. The quantitative estimate of drug-likeness (QED) is 0.620. The van der Waals surface area contributed by atoms with Crippen molar-refractivity contribution >= 4 is 28.9 Å². The highest BCUT2D eigenvalue weighted by Gasteiger charge is 2.38. The summed E-state index contributed by atoms with van der Waals surface area (Å²) in [5, 5.41) is 8.70. The first-order valence-electron chi connectivity index (χ1n) is 10.5. The van der Waals surface area contributed by atoms with Gasteiger partial charge in [-0.2, -0.15) is 0 Å². The van der Waals surface area contributed by atoms with Crippen LogP contribution in [0, 0.1) is 0 Å². The minimum absolute atomic E-state index is 0.277. The van der Waals surface area contributed by atoms with E-state index in [4.69, 9.17) is 27.9 Å². The summed E-state index contributed by atoms with van der Waals surface area (Å²) in [6, 6.07) is 10.8. The Labute approximate surface area is 176 Å². The highest BCUT2D eigenvalue weighted by Crippen LogP contribution is 2.48. The van der Waals surface area contributed by atoms with Gasteiger partial charge in [0.25, 0.3) is 0 Å². The van der Waals surface area contributed by atoms with Crippen LogP contribution in [-0.4, -0.2) is 25.2 Å². The minimum atomic E-state index is 0.277. The van der Waals surface area contributed by atoms with E-state index in [0.717, 1.165) is 42.1 Å². The molecule has 3 aliphatic rings. The molecule has 2 heterocycles. The maximum absolute atomic E-state index is 6.55. The van der Waals surface area contributed by atoms with Crippen LogP contribution in [0.25, 0.3) is 11.1 Å². The van der Waals surface area contributed by atoms with Crippen LogP contribution in [0.1, 0.15) is 50.0 Å². The highest BCUT2D eigenvalue weighted by atomic mass is 35.5. The Hall–Kier alpha value is -1.42. The number of piperidine rings is 1. The molecular formula is C23H26Cl2N2O. The molecule has 5 heteroatoms. The molecule has 0 unspecified atom stereocenters. The Kier molecular flexibility index (Phi) is 5.17. The average molecular weight is 417 g/mol. The summed E-state index contributed by atoms with van der Waals surface area (Å²) in [7, 11) is 0. The molecule has 0 amide bonds. The molecule has 2 aromatic carbocycles. The molecule has 2 aliphatic heterocycles. The molecule has 2 fully saturated rings. The lowest BCUT2D eigenvalue weighted by Gasteiger charge is -2.25. The van der Waals surface area contributed by atoms with Crippen molar-refractivity contribution in [2.45, 2.75) is 56.6 Å². The van der Waals surface area contributed by atoms with Gasteiger partial charge in [0.15, 0.2) is 0 Å². The largest absolute Gasteiger partial charge is 0.487 e. The van der Waals surface area contributed by atoms with E-state index in [9.17, 15) is 0 Å². The zero-order valence-electron chi connectivity index (χ0n) is 15.9. The maximum atomic E-state index is 6.55. The number of rotatable bonds is 3. The first-order chi connectivity index (χ1) is 13.7. The SMILES string of the molecule is Clc1ccc(-c2cc(NC3CCCCC3)c3c(c2)[C@@H]2CNCC[C@@H]2O3)c(Cl)c1. The van der Waals surface area contributed by atoms with Crippen LogP contribution in [-0.2, 0) is 0 Å². The predicted molar refractivity (Wildman–Crippen MR) is 117 cm³/mol. The van der Waals surface area contributed by atoms with Crippen LogP contribution in [0.3, 0.4) is 0 Å². The molecule has 0 spiro atoms. The molecule has 2 N–H and O–H groups in total. The molecule has 0 bridgehead atoms. The van der Waals surface area contributed by atoms with E-state index in [1.807, 2.05) is 18.2 Å². The smallest absolute Gasteiger partial charge is 0.146 e. The van der Waals surface area contributed by atoms with Gasteiger partial charge in [0.2, 0.25) is 0 Å². The van der Waals surface area contributed by atoms with Crippen molar-refractivity contribution in [2.75, 3.05) is 18.4 Å². The minimum Gasteiger partial charge on any atom is -0.487 e. The molecule has 1 saturated carbocycles. The zero-order chi connectivity index (χ0) is 19.1. The van der Waals surface area contributed by atoms with E-state index in [0.29, 0.717) is 22.0 Å². The van der Waals surface area contributed by atoms with E-state index in [1.54, 1.807) is 0 Å². The lowest BCUT2D eigenvalue weighted by Crippen LogP contribution is -2.37. The van der Waals surface area contributed by atoms with Crippen molar-refractivity contribution in [1.29, 1.82) is 0 Å². The molecule has 2 atom stereocenters. The number of hydrogen-bond donors (Lipinski definition) is 2. The van der Waals surface area contributed by atoms with Crippen molar-refractivity contribution in [3.8, 4) is 16.9 Å². The molecule has 1 saturated heterocycles. The van der Waals surface area contributed by atoms with Gasteiger partial charge in [-0.3, -0.25) is 0 Å². The number of anilines is 1. The van der Waals surface area contributed by atoms with Crippen LogP contribution in [0.5, 0.6) is 5.75 Å². The van der Waals surface area contributed by atoms with Crippen LogP contribution < -0.4 is 15.4 Å². The van der Waals surface area contributed by atoms with Crippen molar-refractivity contribution in [1.82, 2.24) is 5.32 Å². The van der Waals surface area contributed by atoms with Crippen molar-refractivity contribution in [3.63, 3.8) is 0 Å². The van der Waals surface area contributed by atoms with Gasteiger partial charge in [-0.05, 0) is 55.6 Å². The van der Waals surface area contributed by atoms with Gasteiger partial charge in [-0.25, -0.2) is 0 Å². The lowest BCUT2D eigenvalue weighted by molar-refractivity contribution is 0.173. The van der Waals surface area contributed by atoms with Crippen molar-refractivity contribution < 1.29 is 4.74 Å². The first-order valence-corrected chi connectivity index (χ1v) is 11.2. The van der Waals surface area contributed by atoms with Gasteiger partial charge in [0.05, 0.1) is 5.69 Å². The monoisotopic (exact) mass is 416 g/mol. The van der Waals surface area contributed by atoms with Crippen LogP contribution >= 0.6 is 23.2 Å². The second-order valence-electron chi connectivity index (χ2n) is 8.30. The summed E-state index contributed by atoms with van der Waals surface area (Å²) in [5.74, 6) is 1.46. The van der Waals surface area contributed by atoms with Gasteiger partial charge in [-0.1, -0.05) is 48.5 Å². The van der Waals surface area contributed by atoms with Gasteiger partial charge in [0.1, 0.15) is 11.9 Å². The second kappa shape index (κ2) is 7.78. The fraction of sp³-hybridized carbons (Fsp3) is 0.478. The standard InChI is InChI=1S/C23H26Cl2N2O/c24-15-6-7-17(20(25)12-15)14-10-18-19-13-26-9-8-22(19)28-23(18)21(11-14)27-16-4-2-1-3-5-16/h6-7,10-12,16,19,22,26-27H,1-5,8-9,13H2/t19-,22-/m0/s1. The molecule has 1 aliphatic carbocycles. The molecule has 148 valence electrons. The van der Waals surface area contributed by atoms with Crippen LogP contribution in [0.4, 0.5) is 5.69 Å². The zero-order valence-corrected chi connectivity index (χ0v) is 17.5. The molecular weight excluding hydrogens is 391 g/mol. The topological polar surface area (TPSA) is 33.3 Å². The lowest BCUT2D eigenvalue weighted by atomic mass is 9.88. The van der Waals surface area contributed by atoms with E-state index in [2.05, 4.69) is 22.8 Å². The first kappa shape index (κ1) is 18.6. The maximum Gasteiger partial charge on any atom is 0.146 e. The summed E-state index contributed by atoms with van der Waals surface area (Å²) < 4.78 is 6.47. The molecule has 2 aromatic rings. The Morgan fingerprint density at radius 2 is 1.86 bits per heavy atom. The number of nitrogens with one attached hydrogen (secondary N) is 2. The third-order valence-electron chi connectivity index (χ3n) is 6.41. The van der Waals surface area contributed by atoms with Gasteiger partial charge < -0.3 is 15.4 Å². The number of fused-ring (bicyclic) bond motifs is 3. The fourth-order valence-corrected chi connectivity index (χ4v) is 5.47. The molecule has 28 heavy (non-hydrogen) atoms. The Balaban J connectivity index is 1.57. The Bertz CT molecular complexity index is 879. The number of hydrogen-bond acceptors (Lipinski definition) is 3. The highest BCUT2D eigenvalue weighted by molar-refractivity contribution is 6.36. The third kappa shape index (κ3) is 3.49. The van der Waals surface area contributed by atoms with Crippen LogP contribution in [0.2, 0.25) is 10.0 Å². The summed E-state index contributed by atoms with van der Waals surface area (Å²) in [4.78, 5) is 0. The predicted octanol–water partition coefficient (Wildman–Crippen LogP) is 6.24. The Morgan fingerprint density at radius 3 is 2.68 bits per heavy atom. The number of ether oxygens (including phenoxy) is 1. The Morgan fingerprint density at radius 1 is 1.00 bits per heavy atom. The van der Waals surface area contributed by atoms with Gasteiger partial charge in [0, 0.05) is 39.7 Å². The summed E-state index contributed by atoms with van der Waals surface area (Å²) in [6.45, 7) is 1.99. The van der Waals surface area contributed by atoms with Crippen molar-refractivity contribution in [2.24, 2.45) is 0 Å². The third-order valence-corrected chi connectivity index (χ3v) is 6.96. The van der Waals surface area contributed by atoms with E-state index >= 15 is 0 Å². The summed E-state index contributed by atoms with van der Waals surface area (Å²) in [5.41, 5.74) is 4.58. The van der Waals surface area contributed by atoms with E-state index < -0.39 is 0 Å². The molecule has 3 nitrogen and oxygen atoms in total. The van der Waals surface area contributed by atoms with Gasteiger partial charge in [-0.15, -0.1) is 0 Å². The molecule has 0 aromatic heterocycles. The molecule has 0 radical (unpaired) electrons. The molecule has 5 rings (SSSR count). The number of halogens is 2. The van der Waals surface area contributed by atoms with Crippen molar-refractivity contribution in [3.05, 3.63) is 45.9 Å². The normalized spacial score (nSPS) is 24.4. The second-order valence-corrected chi connectivity index (χ2v) is 9.14. The average Bonchev–Trinajstić information content (AvgIpc) is 3.08.